The van der Waals surface area contributed by atoms with Crippen molar-refractivity contribution < 1.29 is 65.6 Å². The molecule has 0 amide bonds. The smallest absolute Gasteiger partial charge is 0.435 e. The number of oxime groups is 1. The van der Waals surface area contributed by atoms with Gasteiger partial charge >= 0.3 is 30.1 Å². The number of ether oxygens (including phenoxy) is 6. The molecule has 2 heterocycles. The maximum absolute atomic E-state index is 14.5. The van der Waals surface area contributed by atoms with Crippen molar-refractivity contribution in [2.75, 3.05) is 6.61 Å². The lowest BCUT2D eigenvalue weighted by atomic mass is 9.86. The van der Waals surface area contributed by atoms with Gasteiger partial charge in [0, 0.05) is 55.3 Å². The lowest BCUT2D eigenvalue weighted by molar-refractivity contribution is -0.288. The molecule has 260 valence electrons. The van der Waals surface area contributed by atoms with E-state index in [2.05, 4.69) is 21.1 Å². The molecular weight excluding hydrogens is 758 g/mol. The molecule has 2 aliphatic heterocycles. The summed E-state index contributed by atoms with van der Waals surface area (Å²) in [6.07, 6.45) is -12.8. The van der Waals surface area contributed by atoms with Gasteiger partial charge in [0.25, 0.3) is 5.60 Å². The fourth-order valence-electron chi connectivity index (χ4n) is 5.03. The van der Waals surface area contributed by atoms with E-state index in [1.54, 1.807) is 0 Å². The maximum atomic E-state index is 14.5. The third-order valence-corrected chi connectivity index (χ3v) is 8.03. The van der Waals surface area contributed by atoms with E-state index in [1.807, 2.05) is 0 Å². The van der Waals surface area contributed by atoms with E-state index >= 15 is 0 Å². The molecule has 0 aliphatic carbocycles. The molecule has 1 unspecified atom stereocenters. The summed E-state index contributed by atoms with van der Waals surface area (Å²) >= 11 is 15.3. The van der Waals surface area contributed by atoms with Gasteiger partial charge in [-0.1, -0.05) is 28.4 Å². The first kappa shape index (κ1) is 37.2. The van der Waals surface area contributed by atoms with E-state index in [4.69, 9.17) is 56.5 Å². The van der Waals surface area contributed by atoms with Crippen molar-refractivity contribution in [1.82, 2.24) is 0 Å². The molecule has 0 radical (unpaired) electrons. The number of halogens is 6. The first-order valence-corrected chi connectivity index (χ1v) is 15.5. The number of rotatable bonds is 9. The normalized spacial score (nSPS) is 25.3. The zero-order chi connectivity index (χ0) is 35.6. The number of carbonyl (C=O) groups is 4. The van der Waals surface area contributed by atoms with Crippen LogP contribution in [0, 0.1) is 0 Å². The van der Waals surface area contributed by atoms with E-state index in [1.165, 1.54) is 24.3 Å². The van der Waals surface area contributed by atoms with Crippen molar-refractivity contribution in [1.29, 1.82) is 0 Å². The summed E-state index contributed by atoms with van der Waals surface area (Å²) in [4.78, 5) is 52.8. The third-order valence-electron chi connectivity index (χ3n) is 6.97. The monoisotopic (exact) mass is 783 g/mol. The average molecular weight is 785 g/mol. The van der Waals surface area contributed by atoms with Crippen molar-refractivity contribution in [3.63, 3.8) is 0 Å². The molecule has 0 bridgehead atoms. The van der Waals surface area contributed by atoms with Crippen LogP contribution in [0.2, 0.25) is 10.0 Å². The quantitative estimate of drug-likeness (QED) is 0.225. The van der Waals surface area contributed by atoms with Crippen molar-refractivity contribution in [3.8, 4) is 5.75 Å². The highest BCUT2D eigenvalue weighted by molar-refractivity contribution is 9.10. The number of nitrogens with zero attached hydrogens (tertiary/aromatic N) is 1. The van der Waals surface area contributed by atoms with Crippen LogP contribution in [0.4, 0.5) is 13.2 Å². The molecule has 2 aromatic rings. The molecule has 1 fully saturated rings. The third kappa shape index (κ3) is 8.51. The van der Waals surface area contributed by atoms with Crippen LogP contribution in [0.3, 0.4) is 0 Å². The zero-order valence-corrected chi connectivity index (χ0v) is 28.6. The van der Waals surface area contributed by atoms with Gasteiger partial charge in [-0.15, -0.1) is 0 Å². The molecule has 2 aliphatic rings. The molecule has 0 aromatic heterocycles. The molecule has 0 N–H and O–H groups in total. The molecule has 1 saturated heterocycles. The van der Waals surface area contributed by atoms with Crippen molar-refractivity contribution in [2.45, 2.75) is 76.6 Å². The minimum atomic E-state index is -4.91. The lowest BCUT2D eigenvalue weighted by Crippen LogP contribution is -2.63. The fraction of sp³-hybridized carbons (Fsp3) is 0.433. The first-order valence-electron chi connectivity index (χ1n) is 14.0. The topological polar surface area (TPSA) is 145 Å². The summed E-state index contributed by atoms with van der Waals surface area (Å²) in [5.74, 6) is -3.14. The fourth-order valence-corrected chi connectivity index (χ4v) is 6.03. The Morgan fingerprint density at radius 1 is 0.896 bits per heavy atom. The minimum absolute atomic E-state index is 0.0235. The lowest BCUT2D eigenvalue weighted by Gasteiger charge is -2.44. The van der Waals surface area contributed by atoms with Gasteiger partial charge in [0.15, 0.2) is 12.2 Å². The predicted molar refractivity (Wildman–Crippen MR) is 163 cm³/mol. The number of hydrogen-bond donors (Lipinski definition) is 0. The highest BCUT2D eigenvalue weighted by Gasteiger charge is 2.62. The Hall–Kier alpha value is -3.60. The standard InChI is InChI=1S/C30H27BrCl2F3NO11/c1-13(38)42-12-24-25(43-14(2)39)26(44-15(3)40)27(45-16(4)41)28(47-24)46-23-6-5-17(7-21(23)31)22-11-29(48-37-22,30(34,35)36)18-8-19(32)10-20(33)9-18/h5-10,24-28H,11-12H2,1-4H3/t24-,25-,26-,27-,28-,29?/m1/s1. The predicted octanol–water partition coefficient (Wildman–Crippen LogP) is 5.80. The maximum Gasteiger partial charge on any atom is 0.435 e. The van der Waals surface area contributed by atoms with Gasteiger partial charge in [-0.3, -0.25) is 19.2 Å². The van der Waals surface area contributed by atoms with Crippen LogP contribution in [0.1, 0.15) is 45.2 Å². The highest BCUT2D eigenvalue weighted by atomic mass is 79.9. The van der Waals surface area contributed by atoms with E-state index in [-0.39, 0.29) is 37.1 Å². The Morgan fingerprint density at radius 3 is 2.02 bits per heavy atom. The molecule has 48 heavy (non-hydrogen) atoms. The number of carbonyl (C=O) groups excluding carboxylic acids is 4. The van der Waals surface area contributed by atoms with Gasteiger partial charge in [0.1, 0.15) is 18.5 Å². The molecule has 0 saturated carbocycles. The molecule has 12 nitrogen and oxygen atoms in total. The van der Waals surface area contributed by atoms with Crippen LogP contribution in [0.25, 0.3) is 0 Å². The Kier molecular flexibility index (Phi) is 11.5. The molecule has 2 aromatic carbocycles. The number of hydrogen-bond acceptors (Lipinski definition) is 12. The van der Waals surface area contributed by atoms with Crippen molar-refractivity contribution in [2.24, 2.45) is 5.16 Å². The average Bonchev–Trinajstić information content (AvgIpc) is 3.42. The molecular formula is C30H27BrCl2F3NO11. The van der Waals surface area contributed by atoms with Gasteiger partial charge in [-0.05, 0) is 52.3 Å². The van der Waals surface area contributed by atoms with Gasteiger partial charge < -0.3 is 33.3 Å². The van der Waals surface area contributed by atoms with Gasteiger partial charge in [-0.25, -0.2) is 0 Å². The van der Waals surface area contributed by atoms with Crippen molar-refractivity contribution in [3.05, 3.63) is 62.0 Å². The summed E-state index contributed by atoms with van der Waals surface area (Å²) < 4.78 is 76.7. The Morgan fingerprint density at radius 2 is 1.48 bits per heavy atom. The summed E-state index contributed by atoms with van der Waals surface area (Å²) in [6, 6.07) is 7.64. The number of esters is 4. The van der Waals surface area contributed by atoms with Crippen LogP contribution < -0.4 is 4.74 Å². The summed E-state index contributed by atoms with van der Waals surface area (Å²) in [6.45, 7) is 3.88. The second-order valence-corrected chi connectivity index (χ2v) is 12.3. The minimum Gasteiger partial charge on any atom is -0.463 e. The van der Waals surface area contributed by atoms with Gasteiger partial charge in [0.05, 0.1) is 10.2 Å². The number of alkyl halides is 3. The second-order valence-electron chi connectivity index (χ2n) is 10.6. The highest BCUT2D eigenvalue weighted by Crippen LogP contribution is 2.50. The zero-order valence-electron chi connectivity index (χ0n) is 25.5. The van der Waals surface area contributed by atoms with E-state index in [9.17, 15) is 32.3 Å². The molecule has 6 atom stereocenters. The van der Waals surface area contributed by atoms with Crippen molar-refractivity contribution >= 4 is 68.7 Å². The Labute approximate surface area is 289 Å². The Balaban J connectivity index is 1.65. The van der Waals surface area contributed by atoms with E-state index < -0.39 is 79.4 Å². The SMILES string of the molecule is CC(=O)OC[C@H]1O[C@@H](Oc2ccc(C3=NOC(c4cc(Cl)cc(Cl)c4)(C(F)(F)F)C3)cc2Br)[C@H](OC(C)=O)[C@H](OC(C)=O)[C@@H]1OC(C)=O. The van der Waals surface area contributed by atoms with E-state index in [0.717, 1.165) is 39.8 Å². The Bertz CT molecular complexity index is 1600. The van der Waals surface area contributed by atoms with Gasteiger partial charge in [-0.2, -0.15) is 13.2 Å². The van der Waals surface area contributed by atoms with Crippen LogP contribution in [-0.4, -0.2) is 73.1 Å². The van der Waals surface area contributed by atoms with E-state index in [0.29, 0.717) is 0 Å². The largest absolute Gasteiger partial charge is 0.463 e. The summed E-state index contributed by atoms with van der Waals surface area (Å²) in [7, 11) is 0. The van der Waals surface area contributed by atoms with Crippen LogP contribution in [-0.2, 0) is 53.3 Å². The molecule has 0 spiro atoms. The molecule has 4 rings (SSSR count). The second kappa shape index (κ2) is 14.9. The van der Waals surface area contributed by atoms with Crippen LogP contribution >= 0.6 is 39.1 Å². The van der Waals surface area contributed by atoms with Crippen LogP contribution in [0.5, 0.6) is 5.75 Å². The summed E-state index contributed by atoms with van der Waals surface area (Å²) in [5.41, 5.74) is -3.06. The van der Waals surface area contributed by atoms with Crippen LogP contribution in [0.15, 0.2) is 46.0 Å². The molecule has 18 heteroatoms. The number of benzene rings is 2. The summed E-state index contributed by atoms with van der Waals surface area (Å²) in [5, 5.41) is 3.70. The van der Waals surface area contributed by atoms with Gasteiger partial charge in [0.2, 0.25) is 12.4 Å². The first-order chi connectivity index (χ1) is 22.4.